The van der Waals surface area contributed by atoms with E-state index >= 15 is 0 Å². The second-order valence-corrected chi connectivity index (χ2v) is 10.4. The van der Waals surface area contributed by atoms with Crippen molar-refractivity contribution in [2.24, 2.45) is 0 Å². The molecule has 0 fully saturated rings. The number of phenols is 1. The van der Waals surface area contributed by atoms with Crippen molar-refractivity contribution in [3.63, 3.8) is 0 Å². The van der Waals surface area contributed by atoms with Crippen LogP contribution >= 0.6 is 0 Å². The maximum absolute atomic E-state index is 12.6. The van der Waals surface area contributed by atoms with Crippen LogP contribution in [0.15, 0.2) is 72.9 Å². The highest BCUT2D eigenvalue weighted by Crippen LogP contribution is 2.38. The largest absolute Gasteiger partial charge is 0.508 e. The Morgan fingerprint density at radius 3 is 2.51 bits per heavy atom. The predicted octanol–water partition coefficient (Wildman–Crippen LogP) is 5.63. The molecule has 3 heterocycles. The van der Waals surface area contributed by atoms with Crippen LogP contribution in [0.5, 0.6) is 5.75 Å². The smallest absolute Gasteiger partial charge is 0.252 e. The van der Waals surface area contributed by atoms with Crippen LogP contribution in [0.4, 0.5) is 0 Å². The van der Waals surface area contributed by atoms with E-state index in [0.717, 1.165) is 53.8 Å². The average molecular weight is 522 g/mol. The molecule has 1 aliphatic heterocycles. The van der Waals surface area contributed by atoms with Crippen molar-refractivity contribution in [3.05, 3.63) is 101 Å². The molecule has 0 saturated carbocycles. The molecule has 3 aromatic carbocycles. The van der Waals surface area contributed by atoms with Gasteiger partial charge in [-0.05, 0) is 78.8 Å². The number of hydrogen-bond donors (Lipinski definition) is 6. The van der Waals surface area contributed by atoms with Crippen LogP contribution in [0.1, 0.15) is 64.5 Å². The number of nitrogens with one attached hydrogen (secondary N) is 5. The SMILES string of the molecule is O=C1NC(c2c(CNCCCCCCNCc3ccc4cc[nH]c4c3)[nH]c3ccccc23)c2cc(O)ccc21. The number of aromatic amines is 2. The highest BCUT2D eigenvalue weighted by Gasteiger charge is 2.33. The minimum absolute atomic E-state index is 0.102. The lowest BCUT2D eigenvalue weighted by Gasteiger charge is -2.15. The molecule has 0 saturated heterocycles. The lowest BCUT2D eigenvalue weighted by molar-refractivity contribution is 0.0960. The Kier molecular flexibility index (Phi) is 7.34. The molecule has 1 atom stereocenters. The van der Waals surface area contributed by atoms with E-state index in [1.807, 2.05) is 18.3 Å². The van der Waals surface area contributed by atoms with Crippen molar-refractivity contribution in [1.82, 2.24) is 25.9 Å². The fourth-order valence-electron chi connectivity index (χ4n) is 5.70. The molecule has 1 aliphatic rings. The topological polar surface area (TPSA) is 105 Å². The molecule has 200 valence electrons. The number of hydrogen-bond acceptors (Lipinski definition) is 4. The molecular weight excluding hydrogens is 486 g/mol. The van der Waals surface area contributed by atoms with Gasteiger partial charge in [-0.15, -0.1) is 0 Å². The zero-order valence-electron chi connectivity index (χ0n) is 22.0. The third-order valence-electron chi connectivity index (χ3n) is 7.69. The summed E-state index contributed by atoms with van der Waals surface area (Å²) in [5, 5.41) is 22.7. The minimum Gasteiger partial charge on any atom is -0.508 e. The van der Waals surface area contributed by atoms with Gasteiger partial charge in [0.25, 0.3) is 5.91 Å². The van der Waals surface area contributed by atoms with Gasteiger partial charge in [0.1, 0.15) is 5.75 Å². The van der Waals surface area contributed by atoms with Crippen LogP contribution in [-0.2, 0) is 13.1 Å². The van der Waals surface area contributed by atoms with E-state index in [1.54, 1.807) is 18.2 Å². The molecule has 5 aromatic rings. The van der Waals surface area contributed by atoms with Gasteiger partial charge in [0.2, 0.25) is 0 Å². The summed E-state index contributed by atoms with van der Waals surface area (Å²) in [7, 11) is 0. The quantitative estimate of drug-likeness (QED) is 0.120. The van der Waals surface area contributed by atoms with Gasteiger partial charge in [0.15, 0.2) is 0 Å². The molecule has 0 aliphatic carbocycles. The van der Waals surface area contributed by atoms with Gasteiger partial charge in [0.05, 0.1) is 6.04 Å². The van der Waals surface area contributed by atoms with E-state index in [0.29, 0.717) is 12.1 Å². The second kappa shape index (κ2) is 11.4. The highest BCUT2D eigenvalue weighted by atomic mass is 16.3. The molecule has 0 radical (unpaired) electrons. The number of amides is 1. The average Bonchev–Trinajstić information content (AvgIpc) is 3.64. The normalized spacial score (nSPS) is 14.8. The Morgan fingerprint density at radius 1 is 0.821 bits per heavy atom. The van der Waals surface area contributed by atoms with Gasteiger partial charge in [-0.1, -0.05) is 43.2 Å². The molecule has 7 heteroatoms. The summed E-state index contributed by atoms with van der Waals surface area (Å²) in [6.07, 6.45) is 6.67. The van der Waals surface area contributed by atoms with E-state index in [-0.39, 0.29) is 17.7 Å². The fourth-order valence-corrected chi connectivity index (χ4v) is 5.70. The number of aromatic nitrogens is 2. The van der Waals surface area contributed by atoms with E-state index in [2.05, 4.69) is 62.3 Å². The lowest BCUT2D eigenvalue weighted by atomic mass is 9.95. The first-order valence-corrected chi connectivity index (χ1v) is 13.9. The Hall–Kier alpha value is -4.07. The fraction of sp³-hybridized carbons (Fsp3) is 0.281. The Labute approximate surface area is 228 Å². The lowest BCUT2D eigenvalue weighted by Crippen LogP contribution is -2.22. The van der Waals surface area contributed by atoms with Gasteiger partial charge >= 0.3 is 0 Å². The molecule has 1 unspecified atom stereocenters. The summed E-state index contributed by atoms with van der Waals surface area (Å²) in [6, 6.07) is 21.5. The Bertz CT molecular complexity index is 1600. The number of carbonyl (C=O) groups excluding carboxylic acids is 1. The number of phenolic OH excluding ortho intramolecular Hbond substituents is 1. The molecule has 0 bridgehead atoms. The summed E-state index contributed by atoms with van der Waals surface area (Å²) in [6.45, 7) is 3.55. The zero-order chi connectivity index (χ0) is 26.6. The van der Waals surface area contributed by atoms with Crippen molar-refractivity contribution in [2.75, 3.05) is 13.1 Å². The van der Waals surface area contributed by atoms with E-state index < -0.39 is 0 Å². The van der Waals surface area contributed by atoms with Crippen molar-refractivity contribution in [3.8, 4) is 5.75 Å². The Balaban J connectivity index is 0.975. The van der Waals surface area contributed by atoms with Crippen LogP contribution in [0, 0.1) is 0 Å². The number of para-hydroxylation sites is 1. The molecule has 2 aromatic heterocycles. The monoisotopic (exact) mass is 521 g/mol. The van der Waals surface area contributed by atoms with Gasteiger partial charge in [-0.2, -0.15) is 0 Å². The number of fused-ring (bicyclic) bond motifs is 3. The first-order valence-electron chi connectivity index (χ1n) is 13.9. The molecule has 39 heavy (non-hydrogen) atoms. The number of H-pyrrole nitrogens is 2. The van der Waals surface area contributed by atoms with Gasteiger partial charge in [0, 0.05) is 52.5 Å². The first-order chi connectivity index (χ1) is 19.2. The first kappa shape index (κ1) is 25.2. The maximum atomic E-state index is 12.6. The zero-order valence-corrected chi connectivity index (χ0v) is 22.0. The number of carbonyl (C=O) groups is 1. The van der Waals surface area contributed by atoms with Crippen molar-refractivity contribution in [1.29, 1.82) is 0 Å². The van der Waals surface area contributed by atoms with Crippen LogP contribution in [-0.4, -0.2) is 34.1 Å². The van der Waals surface area contributed by atoms with Crippen molar-refractivity contribution < 1.29 is 9.90 Å². The van der Waals surface area contributed by atoms with Crippen LogP contribution in [0.3, 0.4) is 0 Å². The maximum Gasteiger partial charge on any atom is 0.252 e. The summed E-state index contributed by atoms with van der Waals surface area (Å²) in [4.78, 5) is 19.5. The highest BCUT2D eigenvalue weighted by molar-refractivity contribution is 6.01. The summed E-state index contributed by atoms with van der Waals surface area (Å²) in [5.41, 5.74) is 7.13. The number of aromatic hydroxyl groups is 1. The van der Waals surface area contributed by atoms with Gasteiger partial charge in [-0.25, -0.2) is 0 Å². The molecular formula is C32H35N5O2. The van der Waals surface area contributed by atoms with Gasteiger partial charge in [-0.3, -0.25) is 4.79 Å². The number of unbranched alkanes of at least 4 members (excludes halogenated alkanes) is 3. The minimum atomic E-state index is -0.287. The van der Waals surface area contributed by atoms with Crippen LogP contribution in [0.2, 0.25) is 0 Å². The molecule has 7 nitrogen and oxygen atoms in total. The van der Waals surface area contributed by atoms with Crippen LogP contribution in [0.25, 0.3) is 21.8 Å². The number of benzene rings is 3. The molecule has 0 spiro atoms. The third kappa shape index (κ3) is 5.41. The third-order valence-corrected chi connectivity index (χ3v) is 7.69. The number of rotatable bonds is 12. The van der Waals surface area contributed by atoms with Crippen molar-refractivity contribution in [2.45, 2.75) is 44.8 Å². The standard InChI is InChI=1S/C32H35N5O2/c38-23-11-12-24-26(18-23)31(37-32(24)39)30-25-7-3-4-8-27(25)36-29(30)20-34-15-6-2-1-5-14-33-19-21-9-10-22-13-16-35-28(22)17-21/h3-4,7-13,16-18,31,33-36,38H,1-2,5-6,14-15,19-20H2,(H,37,39). The summed E-state index contributed by atoms with van der Waals surface area (Å²) in [5.74, 6) is 0.0679. The van der Waals surface area contributed by atoms with E-state index in [9.17, 15) is 9.90 Å². The summed E-state index contributed by atoms with van der Waals surface area (Å²) >= 11 is 0. The van der Waals surface area contributed by atoms with E-state index in [1.165, 1.54) is 35.7 Å². The molecule has 6 rings (SSSR count). The molecule has 6 N–H and O–H groups in total. The van der Waals surface area contributed by atoms with Gasteiger partial charge < -0.3 is 31.0 Å². The second-order valence-electron chi connectivity index (χ2n) is 10.4. The van der Waals surface area contributed by atoms with Crippen molar-refractivity contribution >= 4 is 27.7 Å². The van der Waals surface area contributed by atoms with E-state index in [4.69, 9.17) is 0 Å². The van der Waals surface area contributed by atoms with Crippen LogP contribution < -0.4 is 16.0 Å². The molecule has 1 amide bonds. The Morgan fingerprint density at radius 2 is 1.64 bits per heavy atom. The predicted molar refractivity (Wildman–Crippen MR) is 156 cm³/mol. The summed E-state index contributed by atoms with van der Waals surface area (Å²) < 4.78 is 0.